The molecule has 7 heteroatoms. The van der Waals surface area contributed by atoms with E-state index >= 15 is 0 Å². The topological polar surface area (TPSA) is 62.7 Å². The number of nitrogens with one attached hydrogen (secondary N) is 2. The van der Waals surface area contributed by atoms with Crippen molar-refractivity contribution in [3.8, 4) is 11.4 Å². The zero-order valence-electron chi connectivity index (χ0n) is 13.6. The normalized spacial score (nSPS) is 10.6. The Kier molecular flexibility index (Phi) is 5.31. The number of halogens is 1. The Labute approximate surface area is 155 Å². The van der Waals surface area contributed by atoms with Crippen LogP contribution in [0.2, 0.25) is 5.02 Å². The minimum atomic E-state index is -0.129. The molecule has 0 radical (unpaired) electrons. The fraction of sp³-hybridized carbons (Fsp3) is 0.167. The summed E-state index contributed by atoms with van der Waals surface area (Å²) in [5.41, 5.74) is 3.07. The van der Waals surface area contributed by atoms with Gasteiger partial charge in [0.25, 0.3) is 0 Å². The molecule has 0 saturated heterocycles. The van der Waals surface area contributed by atoms with Crippen LogP contribution in [-0.2, 0) is 17.9 Å². The number of H-pyrrole nitrogens is 1. The maximum absolute atomic E-state index is 12.3. The molecule has 0 aliphatic heterocycles. The fourth-order valence-electron chi connectivity index (χ4n) is 2.49. The first kappa shape index (κ1) is 17.4. The van der Waals surface area contributed by atoms with Crippen LogP contribution in [0.1, 0.15) is 11.1 Å². The Bertz CT molecular complexity index is 946. The molecule has 25 heavy (non-hydrogen) atoms. The third-order valence-electron chi connectivity index (χ3n) is 3.90. The molecule has 0 spiro atoms. The van der Waals surface area contributed by atoms with Gasteiger partial charge in [-0.05, 0) is 54.5 Å². The minimum absolute atomic E-state index is 0.0964. The largest absolute Gasteiger partial charge is 0.350 e. The number of carbonyl (C=O) groups is 1. The Morgan fingerprint density at radius 3 is 2.68 bits per heavy atom. The average Bonchev–Trinajstić information content (AvgIpc) is 2.96. The molecular formula is C18H17ClN4OS. The Morgan fingerprint density at radius 2 is 1.96 bits per heavy atom. The van der Waals surface area contributed by atoms with Gasteiger partial charge in [0.15, 0.2) is 10.6 Å². The summed E-state index contributed by atoms with van der Waals surface area (Å²) in [4.78, 5) is 12.3. The number of benzene rings is 2. The van der Waals surface area contributed by atoms with Gasteiger partial charge in [-0.15, -0.1) is 0 Å². The average molecular weight is 373 g/mol. The zero-order chi connectivity index (χ0) is 17.8. The lowest BCUT2D eigenvalue weighted by molar-refractivity contribution is -0.121. The van der Waals surface area contributed by atoms with Crippen LogP contribution in [0.4, 0.5) is 0 Å². The van der Waals surface area contributed by atoms with E-state index in [1.165, 1.54) is 0 Å². The molecule has 0 aliphatic carbocycles. The number of carbonyl (C=O) groups excluding carboxylic acids is 1. The molecule has 1 aromatic heterocycles. The molecule has 1 amide bonds. The second-order valence-corrected chi connectivity index (χ2v) is 6.47. The lowest BCUT2D eigenvalue weighted by atomic mass is 10.1. The van der Waals surface area contributed by atoms with Crippen molar-refractivity contribution in [3.05, 3.63) is 69.5 Å². The quantitative estimate of drug-likeness (QED) is 0.668. The molecule has 0 saturated carbocycles. The Morgan fingerprint density at radius 1 is 1.24 bits per heavy atom. The zero-order valence-corrected chi connectivity index (χ0v) is 15.2. The molecule has 0 bridgehead atoms. The van der Waals surface area contributed by atoms with Crippen LogP contribution >= 0.6 is 23.8 Å². The first-order valence-corrected chi connectivity index (χ1v) is 8.55. The van der Waals surface area contributed by atoms with Crippen molar-refractivity contribution in [2.24, 2.45) is 0 Å². The summed E-state index contributed by atoms with van der Waals surface area (Å²) in [5, 5.41) is 10.5. The second kappa shape index (κ2) is 7.63. The van der Waals surface area contributed by atoms with Gasteiger partial charge in [-0.2, -0.15) is 5.10 Å². The van der Waals surface area contributed by atoms with E-state index < -0.39 is 0 Å². The van der Waals surface area contributed by atoms with Crippen molar-refractivity contribution in [3.63, 3.8) is 0 Å². The molecule has 2 aromatic carbocycles. The van der Waals surface area contributed by atoms with Gasteiger partial charge in [-0.25, -0.2) is 0 Å². The van der Waals surface area contributed by atoms with Crippen molar-refractivity contribution >= 4 is 29.7 Å². The summed E-state index contributed by atoms with van der Waals surface area (Å²) < 4.78 is 2.07. The number of nitrogens with zero attached hydrogens (tertiary/aromatic N) is 2. The number of amides is 1. The number of hydrogen-bond donors (Lipinski definition) is 2. The van der Waals surface area contributed by atoms with Gasteiger partial charge < -0.3 is 5.32 Å². The molecule has 0 unspecified atom stereocenters. The van der Waals surface area contributed by atoms with Crippen LogP contribution in [0.25, 0.3) is 11.4 Å². The van der Waals surface area contributed by atoms with E-state index in [2.05, 4.69) is 15.5 Å². The van der Waals surface area contributed by atoms with Crippen molar-refractivity contribution in [1.82, 2.24) is 20.1 Å². The third-order valence-corrected chi connectivity index (χ3v) is 4.46. The summed E-state index contributed by atoms with van der Waals surface area (Å²) in [5.74, 6) is 0.476. The van der Waals surface area contributed by atoms with Gasteiger partial charge >= 0.3 is 0 Å². The SMILES string of the molecule is Cc1ccccc1CNC(=O)Cn1c(-c2ccc(Cl)cc2)n[nH]c1=S. The van der Waals surface area contributed by atoms with Gasteiger partial charge in [0.2, 0.25) is 5.91 Å². The predicted molar refractivity (Wildman–Crippen MR) is 101 cm³/mol. The van der Waals surface area contributed by atoms with Gasteiger partial charge in [0, 0.05) is 17.1 Å². The highest BCUT2D eigenvalue weighted by Crippen LogP contribution is 2.19. The van der Waals surface area contributed by atoms with E-state index in [9.17, 15) is 4.79 Å². The standard InChI is InChI=1S/C18H17ClN4OS/c1-12-4-2-3-5-14(12)10-20-16(24)11-23-17(21-22-18(23)25)13-6-8-15(19)9-7-13/h2-9H,10-11H2,1H3,(H,20,24)(H,22,25). The first-order chi connectivity index (χ1) is 12.0. The molecule has 3 aromatic rings. The highest BCUT2D eigenvalue weighted by molar-refractivity contribution is 7.71. The van der Waals surface area contributed by atoms with Gasteiger partial charge in [-0.3, -0.25) is 14.5 Å². The maximum Gasteiger partial charge on any atom is 0.240 e. The van der Waals surface area contributed by atoms with Gasteiger partial charge in [-0.1, -0.05) is 35.9 Å². The third kappa shape index (κ3) is 4.15. The predicted octanol–water partition coefficient (Wildman–Crippen LogP) is 3.89. The van der Waals surface area contributed by atoms with Crippen LogP contribution in [0.5, 0.6) is 0 Å². The van der Waals surface area contributed by atoms with Crippen LogP contribution in [0.3, 0.4) is 0 Å². The number of aromatic nitrogens is 3. The summed E-state index contributed by atoms with van der Waals surface area (Å²) in [6, 6.07) is 15.2. The van der Waals surface area contributed by atoms with Crippen LogP contribution in [-0.4, -0.2) is 20.7 Å². The summed E-state index contributed by atoms with van der Waals surface area (Å²) >= 11 is 11.2. The Hall–Kier alpha value is -2.44. The Balaban J connectivity index is 1.73. The molecule has 5 nitrogen and oxygen atoms in total. The van der Waals surface area contributed by atoms with Crippen molar-refractivity contribution in [2.75, 3.05) is 0 Å². The van der Waals surface area contributed by atoms with Crippen molar-refractivity contribution in [1.29, 1.82) is 0 Å². The van der Waals surface area contributed by atoms with Gasteiger partial charge in [0.1, 0.15) is 6.54 Å². The van der Waals surface area contributed by atoms with Crippen LogP contribution in [0, 0.1) is 11.7 Å². The number of rotatable bonds is 5. The number of hydrogen-bond acceptors (Lipinski definition) is 3. The van der Waals surface area contributed by atoms with E-state index in [1.54, 1.807) is 16.7 Å². The van der Waals surface area contributed by atoms with Gasteiger partial charge in [0.05, 0.1) is 0 Å². The highest BCUT2D eigenvalue weighted by atomic mass is 35.5. The van der Waals surface area contributed by atoms with E-state index in [1.807, 2.05) is 43.3 Å². The minimum Gasteiger partial charge on any atom is -0.350 e. The molecular weight excluding hydrogens is 356 g/mol. The molecule has 1 heterocycles. The number of aryl methyl sites for hydroxylation is 1. The van der Waals surface area contributed by atoms with E-state index in [4.69, 9.17) is 23.8 Å². The summed E-state index contributed by atoms with van der Waals surface area (Å²) in [6.07, 6.45) is 0. The molecule has 0 atom stereocenters. The van der Waals surface area contributed by atoms with Crippen LogP contribution < -0.4 is 5.32 Å². The van der Waals surface area contributed by atoms with E-state index in [-0.39, 0.29) is 12.5 Å². The smallest absolute Gasteiger partial charge is 0.240 e. The summed E-state index contributed by atoms with van der Waals surface area (Å²) in [7, 11) is 0. The van der Waals surface area contributed by atoms with E-state index in [0.29, 0.717) is 22.2 Å². The lowest BCUT2D eigenvalue weighted by Crippen LogP contribution is -2.27. The molecule has 3 rings (SSSR count). The molecule has 0 fully saturated rings. The van der Waals surface area contributed by atoms with Crippen LogP contribution in [0.15, 0.2) is 48.5 Å². The monoisotopic (exact) mass is 372 g/mol. The lowest BCUT2D eigenvalue weighted by Gasteiger charge is -2.10. The molecule has 0 aliphatic rings. The second-order valence-electron chi connectivity index (χ2n) is 5.65. The number of aromatic amines is 1. The molecule has 128 valence electrons. The van der Waals surface area contributed by atoms with E-state index in [0.717, 1.165) is 16.7 Å². The van der Waals surface area contributed by atoms with Crippen molar-refractivity contribution in [2.45, 2.75) is 20.0 Å². The maximum atomic E-state index is 12.3. The fourth-order valence-corrected chi connectivity index (χ4v) is 2.81. The summed E-state index contributed by atoms with van der Waals surface area (Å²) in [6.45, 7) is 2.60. The molecule has 2 N–H and O–H groups in total. The first-order valence-electron chi connectivity index (χ1n) is 7.77. The highest BCUT2D eigenvalue weighted by Gasteiger charge is 2.12. The van der Waals surface area contributed by atoms with Crippen molar-refractivity contribution < 1.29 is 4.79 Å².